The summed E-state index contributed by atoms with van der Waals surface area (Å²) in [5, 5.41) is 2.79. The third-order valence-electron chi connectivity index (χ3n) is 7.55. The van der Waals surface area contributed by atoms with Crippen molar-refractivity contribution in [1.82, 2.24) is 19.7 Å². The van der Waals surface area contributed by atoms with Crippen molar-refractivity contribution in [3.8, 4) is 0 Å². The van der Waals surface area contributed by atoms with Crippen molar-refractivity contribution in [3.63, 3.8) is 0 Å². The van der Waals surface area contributed by atoms with Crippen LogP contribution < -0.4 is 10.7 Å². The maximum Gasteiger partial charge on any atom is 0.257 e. The first-order valence-electron chi connectivity index (χ1n) is 11.2. The summed E-state index contributed by atoms with van der Waals surface area (Å²) < 4.78 is 16.6. The van der Waals surface area contributed by atoms with Gasteiger partial charge in [0, 0.05) is 36.0 Å². The zero-order valence-corrected chi connectivity index (χ0v) is 19.0. The third-order valence-corrected chi connectivity index (χ3v) is 7.55. The summed E-state index contributed by atoms with van der Waals surface area (Å²) in [6.45, 7) is 10.9. The molecular weight excluding hydrogens is 407 g/mol. The lowest BCUT2D eigenvalue weighted by Crippen LogP contribution is -2.48. The van der Waals surface area contributed by atoms with Crippen LogP contribution in [0, 0.1) is 19.7 Å². The zero-order valence-electron chi connectivity index (χ0n) is 19.0. The van der Waals surface area contributed by atoms with Crippen molar-refractivity contribution < 1.29 is 9.18 Å². The van der Waals surface area contributed by atoms with Crippen molar-refractivity contribution in [2.75, 3.05) is 13.6 Å². The van der Waals surface area contributed by atoms with Gasteiger partial charge >= 0.3 is 0 Å². The lowest BCUT2D eigenvalue weighted by Gasteiger charge is -2.43. The lowest BCUT2D eigenvalue weighted by molar-refractivity contribution is 0.0946. The summed E-state index contributed by atoms with van der Waals surface area (Å²) in [4.78, 5) is 31.2. The molecule has 0 radical (unpaired) electrons. The van der Waals surface area contributed by atoms with Crippen LogP contribution in [0.1, 0.15) is 57.8 Å². The number of benzene rings is 1. The number of hydrogen-bond donors (Lipinski definition) is 1. The van der Waals surface area contributed by atoms with E-state index in [2.05, 4.69) is 40.2 Å². The van der Waals surface area contributed by atoms with Crippen LogP contribution in [0.15, 0.2) is 29.6 Å². The Hall–Kier alpha value is -2.93. The minimum atomic E-state index is -0.439. The fourth-order valence-electron chi connectivity index (χ4n) is 5.76. The number of nitrogens with zero attached hydrogens (tertiary/aromatic N) is 3. The van der Waals surface area contributed by atoms with Gasteiger partial charge in [-0.15, -0.1) is 0 Å². The van der Waals surface area contributed by atoms with Crippen LogP contribution >= 0.6 is 0 Å². The molecule has 0 saturated carbocycles. The fourth-order valence-corrected chi connectivity index (χ4v) is 5.76. The molecule has 1 fully saturated rings. The number of halogens is 1. The molecule has 7 heteroatoms. The van der Waals surface area contributed by atoms with Gasteiger partial charge in [-0.05, 0) is 46.2 Å². The predicted octanol–water partition coefficient (Wildman–Crippen LogP) is 2.97. The van der Waals surface area contributed by atoms with Crippen LogP contribution in [0.25, 0.3) is 5.70 Å². The van der Waals surface area contributed by atoms with Gasteiger partial charge in [-0.1, -0.05) is 24.8 Å². The van der Waals surface area contributed by atoms with Crippen LogP contribution in [0.2, 0.25) is 0 Å². The first kappa shape index (κ1) is 20.9. The Balaban J connectivity index is 1.55. The molecule has 1 amide bonds. The number of aromatic nitrogens is 1. The Morgan fingerprint density at radius 2 is 2.06 bits per heavy atom. The van der Waals surface area contributed by atoms with Crippen molar-refractivity contribution in [3.05, 3.63) is 74.5 Å². The molecule has 3 atom stereocenters. The molecule has 2 unspecified atom stereocenters. The van der Waals surface area contributed by atoms with Gasteiger partial charge in [0.2, 0.25) is 0 Å². The topological polar surface area (TPSA) is 57.6 Å². The average Bonchev–Trinajstić information content (AvgIpc) is 3.30. The molecule has 5 rings (SSSR count). The predicted molar refractivity (Wildman–Crippen MR) is 122 cm³/mol. The number of aryl methyl sites for hydroxylation is 1. The molecule has 32 heavy (non-hydrogen) atoms. The van der Waals surface area contributed by atoms with Crippen molar-refractivity contribution in [2.24, 2.45) is 0 Å². The number of likely N-dealkylation sites (N-methyl/N-ethyl adjacent to an activating group) is 1. The summed E-state index contributed by atoms with van der Waals surface area (Å²) in [5.74, 6) is -0.767. The smallest absolute Gasteiger partial charge is 0.257 e. The highest BCUT2D eigenvalue weighted by molar-refractivity contribution is 5.96. The highest BCUT2D eigenvalue weighted by Gasteiger charge is 2.49. The Morgan fingerprint density at radius 3 is 2.81 bits per heavy atom. The molecule has 3 aliphatic rings. The van der Waals surface area contributed by atoms with Gasteiger partial charge in [-0.2, -0.15) is 0 Å². The van der Waals surface area contributed by atoms with E-state index in [0.29, 0.717) is 29.2 Å². The highest BCUT2D eigenvalue weighted by atomic mass is 19.1. The van der Waals surface area contributed by atoms with Gasteiger partial charge in [0.25, 0.3) is 5.91 Å². The average molecular weight is 437 g/mol. The van der Waals surface area contributed by atoms with Gasteiger partial charge in [0.15, 0.2) is 5.43 Å². The van der Waals surface area contributed by atoms with Gasteiger partial charge in [0.1, 0.15) is 17.5 Å². The second-order valence-corrected chi connectivity index (χ2v) is 9.36. The van der Waals surface area contributed by atoms with E-state index >= 15 is 0 Å². The van der Waals surface area contributed by atoms with E-state index in [-0.39, 0.29) is 35.6 Å². The van der Waals surface area contributed by atoms with E-state index in [9.17, 15) is 14.0 Å². The van der Waals surface area contributed by atoms with Crippen LogP contribution in [-0.4, -0.2) is 46.1 Å². The molecule has 0 spiro atoms. The SMILES string of the molecule is C=C1c2c(C)c(=O)c(C(=O)NCc3cccc(C)c3F)c3n2C(CC3)C2N1C[C@H](C)N2C. The maximum absolute atomic E-state index is 14.4. The summed E-state index contributed by atoms with van der Waals surface area (Å²) in [6.07, 6.45) is 1.70. The molecule has 3 aliphatic heterocycles. The minimum absolute atomic E-state index is 0.0405. The van der Waals surface area contributed by atoms with Crippen LogP contribution in [-0.2, 0) is 13.0 Å². The monoisotopic (exact) mass is 436 g/mol. The lowest BCUT2D eigenvalue weighted by atomic mass is 10.0. The minimum Gasteiger partial charge on any atom is -0.351 e. The number of nitrogens with one attached hydrogen (secondary N) is 1. The highest BCUT2D eigenvalue weighted by Crippen LogP contribution is 2.46. The molecule has 1 aromatic carbocycles. The van der Waals surface area contributed by atoms with Crippen molar-refractivity contribution >= 4 is 11.6 Å². The number of amides is 1. The van der Waals surface area contributed by atoms with Crippen LogP contribution in [0.3, 0.4) is 0 Å². The van der Waals surface area contributed by atoms with E-state index in [4.69, 9.17) is 0 Å². The molecule has 0 bridgehead atoms. The first-order valence-corrected chi connectivity index (χ1v) is 11.2. The Kier molecular flexibility index (Phi) is 4.78. The Bertz CT molecular complexity index is 1220. The summed E-state index contributed by atoms with van der Waals surface area (Å²) in [6, 6.07) is 5.66. The second-order valence-electron chi connectivity index (χ2n) is 9.36. The zero-order chi connectivity index (χ0) is 22.9. The first-order chi connectivity index (χ1) is 15.2. The van der Waals surface area contributed by atoms with E-state index in [1.54, 1.807) is 32.0 Å². The van der Waals surface area contributed by atoms with E-state index in [1.807, 2.05) is 0 Å². The van der Waals surface area contributed by atoms with Gasteiger partial charge in [-0.3, -0.25) is 14.5 Å². The van der Waals surface area contributed by atoms with Crippen molar-refractivity contribution in [2.45, 2.75) is 58.4 Å². The van der Waals surface area contributed by atoms with Gasteiger partial charge in [-0.25, -0.2) is 4.39 Å². The number of carbonyl (C=O) groups excluding carboxylic acids is 1. The molecule has 6 nitrogen and oxygen atoms in total. The molecule has 1 saturated heterocycles. The summed E-state index contributed by atoms with van der Waals surface area (Å²) >= 11 is 0. The Labute approximate surface area is 187 Å². The second kappa shape index (κ2) is 7.30. The number of carbonyl (C=O) groups is 1. The number of rotatable bonds is 3. The van der Waals surface area contributed by atoms with E-state index in [0.717, 1.165) is 30.1 Å². The molecule has 2 aromatic rings. The summed E-state index contributed by atoms with van der Waals surface area (Å²) in [5.41, 5.74) is 3.91. The van der Waals surface area contributed by atoms with Crippen LogP contribution in [0.5, 0.6) is 0 Å². The third kappa shape index (κ3) is 2.80. The molecule has 1 aromatic heterocycles. The standard InChI is InChI=1S/C25H29FN4O2/c1-13-7-6-8-17(21(13)26)11-27-24(32)20-18-9-10-19-25-28(5)14(2)12-29(25)16(4)22(30(18)19)15(3)23(20)31/h6-8,14,19,25H,4,9-12H2,1-3,5H3,(H,27,32)/t14-,19?,25?/m0/s1. The molecular formula is C25H29FN4O2. The fraction of sp³-hybridized carbons (Fsp3) is 0.440. The normalized spacial score (nSPS) is 24.0. The van der Waals surface area contributed by atoms with E-state index < -0.39 is 5.91 Å². The molecule has 4 heterocycles. The summed E-state index contributed by atoms with van der Waals surface area (Å²) in [7, 11) is 2.13. The van der Waals surface area contributed by atoms with E-state index in [1.165, 1.54) is 0 Å². The Morgan fingerprint density at radius 1 is 1.31 bits per heavy atom. The largest absolute Gasteiger partial charge is 0.351 e. The maximum atomic E-state index is 14.4. The molecule has 168 valence electrons. The van der Waals surface area contributed by atoms with Crippen molar-refractivity contribution in [1.29, 1.82) is 0 Å². The number of fused-ring (bicyclic) bond motifs is 2. The molecule has 0 aliphatic carbocycles. The number of pyridine rings is 1. The number of hydrogen-bond acceptors (Lipinski definition) is 4. The molecule has 1 N–H and O–H groups in total. The van der Waals surface area contributed by atoms with Gasteiger partial charge in [0.05, 0.1) is 17.4 Å². The van der Waals surface area contributed by atoms with Gasteiger partial charge < -0.3 is 14.8 Å². The van der Waals surface area contributed by atoms with Crippen LogP contribution in [0.4, 0.5) is 4.39 Å². The quantitative estimate of drug-likeness (QED) is 0.804.